The van der Waals surface area contributed by atoms with Gasteiger partial charge in [-0.25, -0.2) is 0 Å². The number of rotatable bonds is 4. The fourth-order valence-electron chi connectivity index (χ4n) is 3.19. The SMILES string of the molecule is CCc1ccc(N2C[C@H](C(=O)Nc3cc(C)c(Br)cc3C)CC2=O)cc1. The van der Waals surface area contributed by atoms with E-state index >= 15 is 0 Å². The first kappa shape index (κ1) is 18.6. The van der Waals surface area contributed by atoms with Crippen LogP contribution >= 0.6 is 15.9 Å². The topological polar surface area (TPSA) is 49.4 Å². The Morgan fingerprint density at radius 2 is 1.88 bits per heavy atom. The van der Waals surface area contributed by atoms with Gasteiger partial charge in [0.05, 0.1) is 5.92 Å². The van der Waals surface area contributed by atoms with Crippen molar-refractivity contribution in [3.05, 3.63) is 57.6 Å². The first-order valence-electron chi connectivity index (χ1n) is 8.86. The molecule has 3 rings (SSSR count). The zero-order chi connectivity index (χ0) is 18.8. The fourth-order valence-corrected chi connectivity index (χ4v) is 3.65. The summed E-state index contributed by atoms with van der Waals surface area (Å²) in [5.74, 6) is -0.439. The maximum absolute atomic E-state index is 12.7. The van der Waals surface area contributed by atoms with Gasteiger partial charge in [0.25, 0.3) is 0 Å². The molecule has 1 saturated heterocycles. The van der Waals surface area contributed by atoms with Crippen LogP contribution in [0.5, 0.6) is 0 Å². The molecule has 1 N–H and O–H groups in total. The van der Waals surface area contributed by atoms with E-state index in [0.717, 1.165) is 33.4 Å². The quantitative estimate of drug-likeness (QED) is 0.792. The number of aryl methyl sites for hydroxylation is 3. The molecule has 1 heterocycles. The molecule has 0 aromatic heterocycles. The van der Waals surface area contributed by atoms with Crippen LogP contribution in [-0.2, 0) is 16.0 Å². The number of hydrogen-bond donors (Lipinski definition) is 1. The van der Waals surface area contributed by atoms with E-state index in [9.17, 15) is 9.59 Å². The number of amides is 2. The monoisotopic (exact) mass is 414 g/mol. The molecular formula is C21H23BrN2O2. The van der Waals surface area contributed by atoms with Crippen LogP contribution in [0.2, 0.25) is 0 Å². The second-order valence-electron chi connectivity index (χ2n) is 6.83. The molecule has 0 aliphatic carbocycles. The van der Waals surface area contributed by atoms with Crippen LogP contribution in [0.15, 0.2) is 40.9 Å². The van der Waals surface area contributed by atoms with Crippen molar-refractivity contribution >= 4 is 39.1 Å². The maximum Gasteiger partial charge on any atom is 0.229 e. The van der Waals surface area contributed by atoms with Crippen molar-refractivity contribution in [2.45, 2.75) is 33.6 Å². The van der Waals surface area contributed by atoms with Gasteiger partial charge in [0.1, 0.15) is 0 Å². The first-order chi connectivity index (χ1) is 12.4. The molecule has 0 spiro atoms. The predicted octanol–water partition coefficient (Wildman–Crippen LogP) is 4.62. The Hall–Kier alpha value is -2.14. The summed E-state index contributed by atoms with van der Waals surface area (Å²) >= 11 is 3.50. The number of benzene rings is 2. The van der Waals surface area contributed by atoms with Crippen LogP contribution < -0.4 is 10.2 Å². The Bertz CT molecular complexity index is 846. The van der Waals surface area contributed by atoms with E-state index in [1.807, 2.05) is 50.2 Å². The Balaban J connectivity index is 1.71. The number of anilines is 2. The molecule has 5 heteroatoms. The van der Waals surface area contributed by atoms with E-state index in [1.165, 1.54) is 5.56 Å². The molecule has 26 heavy (non-hydrogen) atoms. The molecule has 1 aliphatic rings. The maximum atomic E-state index is 12.7. The number of carbonyl (C=O) groups excluding carboxylic acids is 2. The minimum atomic E-state index is -0.336. The summed E-state index contributed by atoms with van der Waals surface area (Å²) in [6.07, 6.45) is 1.21. The van der Waals surface area contributed by atoms with Crippen molar-refractivity contribution in [2.75, 3.05) is 16.8 Å². The molecule has 1 aliphatic heterocycles. The lowest BCUT2D eigenvalue weighted by atomic mass is 10.1. The minimum Gasteiger partial charge on any atom is -0.326 e. The second-order valence-corrected chi connectivity index (χ2v) is 7.69. The number of nitrogens with zero attached hydrogens (tertiary/aromatic N) is 1. The van der Waals surface area contributed by atoms with Crippen molar-refractivity contribution in [3.63, 3.8) is 0 Å². The smallest absolute Gasteiger partial charge is 0.229 e. The summed E-state index contributed by atoms with van der Waals surface area (Å²) in [5, 5.41) is 2.99. The molecule has 2 amide bonds. The molecule has 1 fully saturated rings. The van der Waals surface area contributed by atoms with Crippen LogP contribution in [0.25, 0.3) is 0 Å². The highest BCUT2D eigenvalue weighted by atomic mass is 79.9. The molecule has 4 nitrogen and oxygen atoms in total. The zero-order valence-electron chi connectivity index (χ0n) is 15.3. The van der Waals surface area contributed by atoms with Crippen molar-refractivity contribution in [1.82, 2.24) is 0 Å². The molecule has 2 aromatic rings. The molecule has 0 bridgehead atoms. The van der Waals surface area contributed by atoms with Crippen molar-refractivity contribution in [1.29, 1.82) is 0 Å². The van der Waals surface area contributed by atoms with Crippen LogP contribution in [0.4, 0.5) is 11.4 Å². The van der Waals surface area contributed by atoms with E-state index in [4.69, 9.17) is 0 Å². The van der Waals surface area contributed by atoms with Crippen LogP contribution in [0.3, 0.4) is 0 Å². The third-order valence-electron chi connectivity index (χ3n) is 4.92. The highest BCUT2D eigenvalue weighted by Gasteiger charge is 2.35. The van der Waals surface area contributed by atoms with Crippen LogP contribution in [0, 0.1) is 19.8 Å². The largest absolute Gasteiger partial charge is 0.326 e. The molecule has 0 radical (unpaired) electrons. The summed E-state index contributed by atoms with van der Waals surface area (Å²) < 4.78 is 1.02. The van der Waals surface area contributed by atoms with E-state index in [2.05, 4.69) is 28.2 Å². The summed E-state index contributed by atoms with van der Waals surface area (Å²) in [5.41, 5.74) is 4.95. The lowest BCUT2D eigenvalue weighted by molar-refractivity contribution is -0.122. The average molecular weight is 415 g/mol. The molecule has 0 unspecified atom stereocenters. The highest BCUT2D eigenvalue weighted by molar-refractivity contribution is 9.10. The lowest BCUT2D eigenvalue weighted by Gasteiger charge is -2.17. The van der Waals surface area contributed by atoms with Gasteiger partial charge in [-0.3, -0.25) is 9.59 Å². The third kappa shape index (κ3) is 3.83. The van der Waals surface area contributed by atoms with Gasteiger partial charge in [-0.1, -0.05) is 35.0 Å². The Morgan fingerprint density at radius 1 is 1.19 bits per heavy atom. The first-order valence-corrected chi connectivity index (χ1v) is 9.65. The molecule has 0 saturated carbocycles. The Morgan fingerprint density at radius 3 is 2.54 bits per heavy atom. The predicted molar refractivity (Wildman–Crippen MR) is 109 cm³/mol. The standard InChI is InChI=1S/C21H23BrN2O2/c1-4-15-5-7-17(8-6-15)24-12-16(11-20(24)25)21(26)23-19-10-13(2)18(22)9-14(19)3/h5-10,16H,4,11-12H2,1-3H3,(H,23,26)/t16-/m1/s1. The van der Waals surface area contributed by atoms with Crippen molar-refractivity contribution in [2.24, 2.45) is 5.92 Å². The van der Waals surface area contributed by atoms with Crippen molar-refractivity contribution in [3.8, 4) is 0 Å². The average Bonchev–Trinajstić information content (AvgIpc) is 3.01. The van der Waals surface area contributed by atoms with Gasteiger partial charge in [0.2, 0.25) is 11.8 Å². The fraction of sp³-hybridized carbons (Fsp3) is 0.333. The van der Waals surface area contributed by atoms with Gasteiger partial charge in [-0.05, 0) is 61.2 Å². The van der Waals surface area contributed by atoms with E-state index in [0.29, 0.717) is 6.54 Å². The lowest BCUT2D eigenvalue weighted by Crippen LogP contribution is -2.28. The van der Waals surface area contributed by atoms with Crippen molar-refractivity contribution < 1.29 is 9.59 Å². The van der Waals surface area contributed by atoms with E-state index < -0.39 is 0 Å². The second kappa shape index (κ2) is 7.62. The van der Waals surface area contributed by atoms with Gasteiger partial charge in [0, 0.05) is 28.8 Å². The number of carbonyl (C=O) groups is 2. The normalized spacial score (nSPS) is 16.8. The van der Waals surface area contributed by atoms with Gasteiger partial charge < -0.3 is 10.2 Å². The Kier molecular flexibility index (Phi) is 5.47. The molecule has 1 atom stereocenters. The zero-order valence-corrected chi connectivity index (χ0v) is 16.9. The van der Waals surface area contributed by atoms with Crippen LogP contribution in [0.1, 0.15) is 30.0 Å². The van der Waals surface area contributed by atoms with Gasteiger partial charge in [-0.15, -0.1) is 0 Å². The molecule has 2 aromatic carbocycles. The van der Waals surface area contributed by atoms with Gasteiger partial charge >= 0.3 is 0 Å². The molecular weight excluding hydrogens is 392 g/mol. The van der Waals surface area contributed by atoms with E-state index in [1.54, 1.807) is 4.90 Å². The van der Waals surface area contributed by atoms with Gasteiger partial charge in [0.15, 0.2) is 0 Å². The summed E-state index contributed by atoms with van der Waals surface area (Å²) in [4.78, 5) is 26.8. The molecule has 136 valence electrons. The van der Waals surface area contributed by atoms with E-state index in [-0.39, 0.29) is 24.2 Å². The number of halogens is 1. The summed E-state index contributed by atoms with van der Waals surface area (Å²) in [6.45, 7) is 6.47. The Labute approximate surface area is 162 Å². The van der Waals surface area contributed by atoms with Crippen LogP contribution in [-0.4, -0.2) is 18.4 Å². The third-order valence-corrected chi connectivity index (χ3v) is 5.77. The number of hydrogen-bond acceptors (Lipinski definition) is 2. The van der Waals surface area contributed by atoms with Gasteiger partial charge in [-0.2, -0.15) is 0 Å². The highest BCUT2D eigenvalue weighted by Crippen LogP contribution is 2.28. The minimum absolute atomic E-state index is 0.00175. The summed E-state index contributed by atoms with van der Waals surface area (Å²) in [7, 11) is 0. The number of nitrogens with one attached hydrogen (secondary N) is 1. The summed E-state index contributed by atoms with van der Waals surface area (Å²) in [6, 6.07) is 11.9.